The van der Waals surface area contributed by atoms with Crippen LogP contribution in [0.3, 0.4) is 0 Å². The maximum absolute atomic E-state index is 10.4. The zero-order valence-corrected chi connectivity index (χ0v) is 6.98. The third-order valence-corrected chi connectivity index (χ3v) is 1.73. The van der Waals surface area contributed by atoms with Gasteiger partial charge in [-0.1, -0.05) is 6.08 Å². The van der Waals surface area contributed by atoms with E-state index in [2.05, 4.69) is 15.2 Å². The Bertz CT molecular complexity index is 302. The molecule has 0 radical (unpaired) electrons. The lowest BCUT2D eigenvalue weighted by atomic mass is 10.5. The van der Waals surface area contributed by atoms with Crippen LogP contribution in [0.15, 0.2) is 12.4 Å². The quantitative estimate of drug-likeness (QED) is 0.581. The summed E-state index contributed by atoms with van der Waals surface area (Å²) in [6.07, 6.45) is 3.87. The highest BCUT2D eigenvalue weighted by molar-refractivity contribution is 7.51. The highest BCUT2D eigenvalue weighted by Gasteiger charge is 2.08. The van der Waals surface area contributed by atoms with E-state index in [0.717, 1.165) is 0 Å². The second-order valence-corrected chi connectivity index (χ2v) is 3.80. The van der Waals surface area contributed by atoms with Crippen molar-refractivity contribution in [1.29, 1.82) is 0 Å². The first kappa shape index (κ1) is 9.12. The zero-order valence-electron chi connectivity index (χ0n) is 6.08. The molecule has 0 unspecified atom stereocenters. The maximum Gasteiger partial charge on any atom is 0.329 e. The van der Waals surface area contributed by atoms with Gasteiger partial charge in [-0.05, 0) is 6.08 Å². The van der Waals surface area contributed by atoms with Crippen molar-refractivity contribution in [2.75, 3.05) is 6.16 Å². The Labute approximate surface area is 68.5 Å². The third kappa shape index (κ3) is 3.43. The second kappa shape index (κ2) is 3.62. The normalized spacial score (nSPS) is 12.5. The summed E-state index contributed by atoms with van der Waals surface area (Å²) in [6, 6.07) is 0. The number of aromatic amines is 1. The lowest BCUT2D eigenvalue weighted by molar-refractivity contribution is 0.377. The Morgan fingerprint density at radius 1 is 1.67 bits per heavy atom. The van der Waals surface area contributed by atoms with Crippen LogP contribution in [-0.2, 0) is 4.57 Å². The largest absolute Gasteiger partial charge is 0.329 e. The molecule has 1 aromatic heterocycles. The van der Waals surface area contributed by atoms with Crippen molar-refractivity contribution in [1.82, 2.24) is 15.2 Å². The van der Waals surface area contributed by atoms with Crippen molar-refractivity contribution in [3.8, 4) is 0 Å². The van der Waals surface area contributed by atoms with Gasteiger partial charge in [0.05, 0.1) is 6.16 Å². The smallest absolute Gasteiger partial charge is 0.324 e. The molecule has 0 aliphatic heterocycles. The first-order valence-electron chi connectivity index (χ1n) is 3.15. The van der Waals surface area contributed by atoms with Gasteiger partial charge in [0, 0.05) is 0 Å². The summed E-state index contributed by atoms with van der Waals surface area (Å²) in [5, 5.41) is 6.13. The van der Waals surface area contributed by atoms with Gasteiger partial charge in [-0.3, -0.25) is 9.66 Å². The molecule has 12 heavy (non-hydrogen) atoms. The van der Waals surface area contributed by atoms with E-state index in [0.29, 0.717) is 5.82 Å². The van der Waals surface area contributed by atoms with E-state index in [1.807, 2.05) is 0 Å². The minimum absolute atomic E-state index is 0.290. The summed E-state index contributed by atoms with van der Waals surface area (Å²) < 4.78 is 10.4. The van der Waals surface area contributed by atoms with E-state index in [4.69, 9.17) is 9.79 Å². The number of aromatic nitrogens is 3. The van der Waals surface area contributed by atoms with Gasteiger partial charge in [-0.2, -0.15) is 5.10 Å². The van der Waals surface area contributed by atoms with Crippen molar-refractivity contribution in [2.24, 2.45) is 0 Å². The molecule has 0 amide bonds. The van der Waals surface area contributed by atoms with Gasteiger partial charge >= 0.3 is 7.60 Å². The fourth-order valence-corrected chi connectivity index (χ4v) is 0.975. The van der Waals surface area contributed by atoms with Crippen molar-refractivity contribution in [3.05, 3.63) is 18.2 Å². The number of hydrogen-bond donors (Lipinski definition) is 3. The molecule has 66 valence electrons. The first-order valence-corrected chi connectivity index (χ1v) is 4.94. The topological polar surface area (TPSA) is 99.1 Å². The van der Waals surface area contributed by atoms with Crippen LogP contribution in [0.25, 0.3) is 6.08 Å². The van der Waals surface area contributed by atoms with Gasteiger partial charge in [0.2, 0.25) is 0 Å². The van der Waals surface area contributed by atoms with Crippen molar-refractivity contribution in [3.63, 3.8) is 0 Å². The van der Waals surface area contributed by atoms with Gasteiger partial charge in [0.15, 0.2) is 5.82 Å². The highest BCUT2D eigenvalue weighted by Crippen LogP contribution is 2.33. The van der Waals surface area contributed by atoms with Crippen molar-refractivity contribution in [2.45, 2.75) is 0 Å². The molecular formula is C5H8N3O3P. The molecule has 0 atom stereocenters. The highest BCUT2D eigenvalue weighted by atomic mass is 31.2. The van der Waals surface area contributed by atoms with Crippen LogP contribution in [-0.4, -0.2) is 31.1 Å². The van der Waals surface area contributed by atoms with Gasteiger partial charge in [0.1, 0.15) is 6.33 Å². The number of nitrogens with zero attached hydrogens (tertiary/aromatic N) is 2. The number of hydrogen-bond acceptors (Lipinski definition) is 3. The predicted molar refractivity (Wildman–Crippen MR) is 42.3 cm³/mol. The monoisotopic (exact) mass is 189 g/mol. The average molecular weight is 189 g/mol. The van der Waals surface area contributed by atoms with Crippen LogP contribution in [0.2, 0.25) is 0 Å². The van der Waals surface area contributed by atoms with Crippen LogP contribution in [0.4, 0.5) is 0 Å². The molecule has 1 aromatic rings. The van der Waals surface area contributed by atoms with Gasteiger partial charge in [-0.25, -0.2) is 4.98 Å². The van der Waals surface area contributed by atoms with Crippen molar-refractivity contribution >= 4 is 13.7 Å². The lowest BCUT2D eigenvalue weighted by Crippen LogP contribution is -1.82. The predicted octanol–water partition coefficient (Wildman–Crippen LogP) is -0.00440. The molecule has 3 N–H and O–H groups in total. The van der Waals surface area contributed by atoms with Crippen molar-refractivity contribution < 1.29 is 14.4 Å². The number of allylic oxidation sites excluding steroid dienone is 1. The lowest BCUT2D eigenvalue weighted by Gasteiger charge is -1.95. The SMILES string of the molecule is O=P(O)(O)C/C=C/c1nc[nH]n1. The molecule has 0 spiro atoms. The third-order valence-electron chi connectivity index (χ3n) is 1.04. The summed E-state index contributed by atoms with van der Waals surface area (Å²) >= 11 is 0. The van der Waals surface area contributed by atoms with E-state index in [1.165, 1.54) is 18.5 Å². The molecular weight excluding hydrogens is 181 g/mol. The average Bonchev–Trinajstić information content (AvgIpc) is 2.36. The van der Waals surface area contributed by atoms with Gasteiger partial charge in [-0.15, -0.1) is 0 Å². The molecule has 6 nitrogen and oxygen atoms in total. The first-order chi connectivity index (χ1) is 5.58. The van der Waals surface area contributed by atoms with Gasteiger partial charge < -0.3 is 9.79 Å². The minimum Gasteiger partial charge on any atom is -0.324 e. The molecule has 0 aliphatic rings. The van der Waals surface area contributed by atoms with Crippen LogP contribution in [0, 0.1) is 0 Å². The van der Waals surface area contributed by atoms with E-state index in [-0.39, 0.29) is 6.16 Å². The molecule has 0 saturated heterocycles. The fourth-order valence-electron chi connectivity index (χ4n) is 0.595. The Balaban J connectivity index is 2.48. The number of rotatable bonds is 3. The van der Waals surface area contributed by atoms with Crippen LogP contribution in [0.1, 0.15) is 5.82 Å². The zero-order chi connectivity index (χ0) is 9.03. The molecule has 7 heteroatoms. The van der Waals surface area contributed by atoms with E-state index in [9.17, 15) is 4.57 Å². The van der Waals surface area contributed by atoms with Crippen LogP contribution in [0.5, 0.6) is 0 Å². The number of H-pyrrole nitrogens is 1. The minimum atomic E-state index is -3.94. The van der Waals surface area contributed by atoms with E-state index in [1.54, 1.807) is 0 Å². The summed E-state index contributed by atoms with van der Waals surface area (Å²) in [4.78, 5) is 20.6. The standard InChI is InChI=1S/C5H8N3O3P/c9-12(10,11)3-1-2-5-6-4-7-8-5/h1-2,4H,3H2,(H,6,7,8)(H2,9,10,11)/b2-1+. The molecule has 1 heterocycles. The molecule has 0 aromatic carbocycles. The number of nitrogens with one attached hydrogen (secondary N) is 1. The fraction of sp³-hybridized carbons (Fsp3) is 0.200. The van der Waals surface area contributed by atoms with E-state index >= 15 is 0 Å². The summed E-state index contributed by atoms with van der Waals surface area (Å²) in [5.74, 6) is 0.406. The molecule has 0 aliphatic carbocycles. The Hall–Kier alpha value is -0.970. The van der Waals surface area contributed by atoms with Crippen LogP contribution >= 0.6 is 7.60 Å². The van der Waals surface area contributed by atoms with Gasteiger partial charge in [0.25, 0.3) is 0 Å². The Morgan fingerprint density at radius 3 is 2.92 bits per heavy atom. The summed E-state index contributed by atoms with van der Waals surface area (Å²) in [5.41, 5.74) is 0. The second-order valence-electron chi connectivity index (χ2n) is 2.11. The maximum atomic E-state index is 10.4. The molecule has 1 rings (SSSR count). The van der Waals surface area contributed by atoms with E-state index < -0.39 is 7.60 Å². The Morgan fingerprint density at radius 2 is 2.42 bits per heavy atom. The Kier molecular flexibility index (Phi) is 2.75. The molecule has 0 fully saturated rings. The summed E-state index contributed by atoms with van der Waals surface area (Å²) in [7, 11) is -3.94. The summed E-state index contributed by atoms with van der Waals surface area (Å²) in [6.45, 7) is 0. The molecule has 0 bridgehead atoms. The van der Waals surface area contributed by atoms with Crippen LogP contribution < -0.4 is 0 Å². The molecule has 0 saturated carbocycles.